The number of benzene rings is 1. The number of phenolic OH excluding ortho intramolecular Hbond substituents is 1. The lowest BCUT2D eigenvalue weighted by atomic mass is 10.2. The fourth-order valence-electron chi connectivity index (χ4n) is 1.35. The van der Waals surface area contributed by atoms with Gasteiger partial charge in [0, 0.05) is 13.7 Å². The zero-order valence-electron chi connectivity index (χ0n) is 7.58. The molecule has 14 heavy (non-hydrogen) atoms. The zero-order valence-corrected chi connectivity index (χ0v) is 10.6. The topological polar surface area (TPSA) is 29.5 Å². The van der Waals surface area contributed by atoms with Crippen LogP contribution in [0.3, 0.4) is 0 Å². The summed E-state index contributed by atoms with van der Waals surface area (Å²) in [7, 11) is 0. The van der Waals surface area contributed by atoms with Gasteiger partial charge in [-0.15, -0.1) is 11.3 Å². The van der Waals surface area contributed by atoms with Crippen molar-refractivity contribution in [2.75, 3.05) is 6.61 Å². The maximum absolute atomic E-state index is 9.77. The highest BCUT2D eigenvalue weighted by Gasteiger charge is 2.10. The van der Waals surface area contributed by atoms with Crippen LogP contribution in [0, 0.1) is 3.57 Å². The highest BCUT2D eigenvalue weighted by Crippen LogP contribution is 2.39. The van der Waals surface area contributed by atoms with E-state index in [4.69, 9.17) is 4.74 Å². The first-order chi connectivity index (χ1) is 6.72. The van der Waals surface area contributed by atoms with E-state index in [1.807, 2.05) is 18.4 Å². The molecule has 0 aliphatic rings. The molecule has 0 atom stereocenters. The number of halogens is 1. The van der Waals surface area contributed by atoms with Gasteiger partial charge in [-0.2, -0.15) is 0 Å². The molecule has 0 amide bonds. The lowest BCUT2D eigenvalue weighted by Crippen LogP contribution is -1.89. The van der Waals surface area contributed by atoms with E-state index in [-0.39, 0.29) is 0 Å². The lowest BCUT2D eigenvalue weighted by molar-refractivity contribution is 0.344. The summed E-state index contributed by atoms with van der Waals surface area (Å²) in [5.74, 6) is 1.08. The van der Waals surface area contributed by atoms with E-state index in [0.717, 1.165) is 19.4 Å². The predicted molar refractivity (Wildman–Crippen MR) is 67.4 cm³/mol. The Morgan fingerprint density at radius 3 is 3.00 bits per heavy atom. The molecule has 0 fully saturated rings. The lowest BCUT2D eigenvalue weighted by Gasteiger charge is -2.02. The Morgan fingerprint density at radius 1 is 1.50 bits per heavy atom. The molecule has 0 aliphatic carbocycles. The summed E-state index contributed by atoms with van der Waals surface area (Å²) in [5.41, 5.74) is 0. The summed E-state index contributed by atoms with van der Waals surface area (Å²) >= 11 is 3.78. The number of phenols is 1. The monoisotopic (exact) mass is 320 g/mol. The van der Waals surface area contributed by atoms with Crippen LogP contribution in [0.4, 0.5) is 0 Å². The van der Waals surface area contributed by atoms with Gasteiger partial charge in [-0.1, -0.05) is 0 Å². The molecule has 4 heteroatoms. The van der Waals surface area contributed by atoms with Crippen LogP contribution >= 0.6 is 33.9 Å². The predicted octanol–water partition coefficient (Wildman–Crippen LogP) is 3.61. The minimum Gasteiger partial charge on any atom is -0.507 e. The average Bonchev–Trinajstić information content (AvgIpc) is 2.49. The first-order valence-corrected chi connectivity index (χ1v) is 6.20. The molecule has 1 aromatic heterocycles. The molecule has 74 valence electrons. The summed E-state index contributed by atoms with van der Waals surface area (Å²) in [6.07, 6.45) is 0. The number of fused-ring (bicyclic) bond motifs is 1. The van der Waals surface area contributed by atoms with Crippen LogP contribution in [-0.4, -0.2) is 11.7 Å². The normalized spacial score (nSPS) is 10.7. The van der Waals surface area contributed by atoms with E-state index in [0.29, 0.717) is 12.4 Å². The molecule has 0 bridgehead atoms. The third-order valence-corrected chi connectivity index (χ3v) is 3.42. The third-order valence-electron chi connectivity index (χ3n) is 1.89. The number of ether oxygens (including phenoxy) is 1. The van der Waals surface area contributed by atoms with E-state index < -0.39 is 0 Å². The molecule has 1 heterocycles. The Morgan fingerprint density at radius 2 is 2.29 bits per heavy atom. The van der Waals surface area contributed by atoms with Crippen molar-refractivity contribution in [2.45, 2.75) is 6.92 Å². The Labute approximate surface area is 99.7 Å². The minimum atomic E-state index is 0.302. The van der Waals surface area contributed by atoms with Gasteiger partial charge in [0.25, 0.3) is 0 Å². The Bertz CT molecular complexity index is 464. The molecule has 0 radical (unpaired) electrons. The average molecular weight is 320 g/mol. The zero-order chi connectivity index (χ0) is 10.1. The van der Waals surface area contributed by atoms with Gasteiger partial charge in [0.1, 0.15) is 11.5 Å². The standard InChI is InChI=1S/C10H9IO2S/c1-2-13-8-5-14-9-4-6(11)3-7(12)10(8)9/h3-5,12H,2H2,1H3. The first-order valence-electron chi connectivity index (χ1n) is 4.25. The van der Waals surface area contributed by atoms with Crippen LogP contribution in [0.2, 0.25) is 0 Å². The molecule has 0 unspecified atom stereocenters. The van der Waals surface area contributed by atoms with Gasteiger partial charge in [0.05, 0.1) is 12.0 Å². The largest absolute Gasteiger partial charge is 0.507 e. The Kier molecular flexibility index (Phi) is 2.83. The van der Waals surface area contributed by atoms with Gasteiger partial charge < -0.3 is 9.84 Å². The second-order valence-corrected chi connectivity index (χ2v) is 4.99. The molecule has 1 aromatic carbocycles. The van der Waals surface area contributed by atoms with Gasteiger partial charge in [0.15, 0.2) is 0 Å². The fourth-order valence-corrected chi connectivity index (χ4v) is 3.10. The quantitative estimate of drug-likeness (QED) is 0.857. The third kappa shape index (κ3) is 1.68. The summed E-state index contributed by atoms with van der Waals surface area (Å²) in [6.45, 7) is 2.56. The molecule has 1 N–H and O–H groups in total. The van der Waals surface area contributed by atoms with Crippen molar-refractivity contribution in [3.63, 3.8) is 0 Å². The number of aromatic hydroxyl groups is 1. The van der Waals surface area contributed by atoms with Crippen LogP contribution in [0.1, 0.15) is 6.92 Å². The van der Waals surface area contributed by atoms with Gasteiger partial charge >= 0.3 is 0 Å². The van der Waals surface area contributed by atoms with Crippen molar-refractivity contribution >= 4 is 44.0 Å². The van der Waals surface area contributed by atoms with E-state index in [2.05, 4.69) is 22.6 Å². The molecule has 0 aliphatic heterocycles. The van der Waals surface area contributed by atoms with Gasteiger partial charge in [0.2, 0.25) is 0 Å². The van der Waals surface area contributed by atoms with E-state index in [9.17, 15) is 5.11 Å². The molecular formula is C10H9IO2S. The van der Waals surface area contributed by atoms with Crippen molar-refractivity contribution in [2.24, 2.45) is 0 Å². The molecule has 0 saturated heterocycles. The van der Waals surface area contributed by atoms with Crippen LogP contribution in [0.25, 0.3) is 10.1 Å². The minimum absolute atomic E-state index is 0.302. The SMILES string of the molecule is CCOc1csc2cc(I)cc(O)c12. The summed E-state index contributed by atoms with van der Waals surface area (Å²) in [6, 6.07) is 3.79. The van der Waals surface area contributed by atoms with Crippen molar-refractivity contribution < 1.29 is 9.84 Å². The summed E-state index contributed by atoms with van der Waals surface area (Å²) in [5, 5.41) is 12.5. The first kappa shape index (κ1) is 10.0. The summed E-state index contributed by atoms with van der Waals surface area (Å²) < 4.78 is 7.53. The number of hydrogen-bond acceptors (Lipinski definition) is 3. The highest BCUT2D eigenvalue weighted by molar-refractivity contribution is 14.1. The van der Waals surface area contributed by atoms with Crippen LogP contribution in [0.5, 0.6) is 11.5 Å². The number of rotatable bonds is 2. The maximum Gasteiger partial charge on any atom is 0.141 e. The molecule has 2 rings (SSSR count). The number of thiophene rings is 1. The van der Waals surface area contributed by atoms with Crippen molar-refractivity contribution in [1.82, 2.24) is 0 Å². The Balaban J connectivity index is 2.66. The Hall–Kier alpha value is -0.490. The second-order valence-electron chi connectivity index (χ2n) is 2.83. The van der Waals surface area contributed by atoms with Gasteiger partial charge in [-0.05, 0) is 41.6 Å². The smallest absolute Gasteiger partial charge is 0.141 e. The van der Waals surface area contributed by atoms with Crippen LogP contribution in [-0.2, 0) is 0 Å². The summed E-state index contributed by atoms with van der Waals surface area (Å²) in [4.78, 5) is 0. The highest BCUT2D eigenvalue weighted by atomic mass is 127. The maximum atomic E-state index is 9.77. The molecule has 0 saturated carbocycles. The van der Waals surface area contributed by atoms with E-state index >= 15 is 0 Å². The van der Waals surface area contributed by atoms with Crippen molar-refractivity contribution in [3.8, 4) is 11.5 Å². The molecule has 2 aromatic rings. The van der Waals surface area contributed by atoms with Crippen LogP contribution < -0.4 is 4.74 Å². The van der Waals surface area contributed by atoms with Gasteiger partial charge in [-0.25, -0.2) is 0 Å². The van der Waals surface area contributed by atoms with Crippen LogP contribution in [0.15, 0.2) is 17.5 Å². The second kappa shape index (κ2) is 3.94. The van der Waals surface area contributed by atoms with Crippen molar-refractivity contribution in [1.29, 1.82) is 0 Å². The van der Waals surface area contributed by atoms with E-state index in [1.54, 1.807) is 17.4 Å². The van der Waals surface area contributed by atoms with Gasteiger partial charge in [-0.3, -0.25) is 0 Å². The molecule has 0 spiro atoms. The van der Waals surface area contributed by atoms with E-state index in [1.165, 1.54) is 0 Å². The van der Waals surface area contributed by atoms with Crippen molar-refractivity contribution in [3.05, 3.63) is 21.1 Å². The number of hydrogen-bond donors (Lipinski definition) is 1. The molecular weight excluding hydrogens is 311 g/mol. The fraction of sp³-hybridized carbons (Fsp3) is 0.200. The molecule has 2 nitrogen and oxygen atoms in total.